The fraction of sp³-hybridized carbons (Fsp3) is 0.440. The van der Waals surface area contributed by atoms with Crippen molar-refractivity contribution in [1.82, 2.24) is 20.2 Å². The maximum atomic E-state index is 13.3. The standard InChI is InChI=1S/C25H26F3N5O4/c1-12(29)21-20(22(34)30-14-9-10-33(11-14)24(35)13-3-4-13)32-23(37-21)16-5-7-17(36-2)19-15(16)6-8-18(31-19)25(26,27)28/h5-8,12-14H,3-4,9-11,29H2,1-2H3,(H,30,34)/t12-,14+/m0/s1. The topological polar surface area (TPSA) is 124 Å². The third-order valence-corrected chi connectivity index (χ3v) is 6.60. The number of benzene rings is 1. The molecule has 3 heterocycles. The molecule has 0 spiro atoms. The molecule has 2 aromatic heterocycles. The number of nitrogens with zero attached hydrogens (tertiary/aromatic N) is 3. The molecule has 2 atom stereocenters. The second-order valence-electron chi connectivity index (χ2n) is 9.44. The van der Waals surface area contributed by atoms with E-state index < -0.39 is 23.8 Å². The highest BCUT2D eigenvalue weighted by Crippen LogP contribution is 2.37. The number of carbonyl (C=O) groups excluding carboxylic acids is 2. The van der Waals surface area contributed by atoms with Gasteiger partial charge in [-0.15, -0.1) is 0 Å². The number of pyridine rings is 1. The molecule has 0 bridgehead atoms. The number of amides is 2. The van der Waals surface area contributed by atoms with E-state index in [-0.39, 0.29) is 46.5 Å². The first-order valence-electron chi connectivity index (χ1n) is 12.0. The van der Waals surface area contributed by atoms with Crippen molar-refractivity contribution in [3.8, 4) is 17.2 Å². The number of nitrogens with one attached hydrogen (secondary N) is 1. The SMILES string of the molecule is COc1ccc(-c2nc(C(=O)N[C@@H]3CCN(C(=O)C4CC4)C3)c([C@H](C)N)o2)c2ccc(C(F)(F)F)nc12. The number of halogens is 3. The lowest BCUT2D eigenvalue weighted by Gasteiger charge is -2.16. The van der Waals surface area contributed by atoms with Gasteiger partial charge in [-0.3, -0.25) is 9.59 Å². The first kappa shape index (κ1) is 25.0. The molecule has 1 saturated carbocycles. The molecule has 2 fully saturated rings. The van der Waals surface area contributed by atoms with Crippen molar-refractivity contribution >= 4 is 22.7 Å². The van der Waals surface area contributed by atoms with E-state index in [9.17, 15) is 22.8 Å². The summed E-state index contributed by atoms with van der Waals surface area (Å²) in [5.41, 5.74) is 5.29. The van der Waals surface area contributed by atoms with E-state index in [0.717, 1.165) is 18.9 Å². The van der Waals surface area contributed by atoms with E-state index in [1.165, 1.54) is 19.2 Å². The molecule has 3 aromatic rings. The first-order chi connectivity index (χ1) is 17.6. The number of nitrogens with two attached hydrogens (primary N) is 1. The Morgan fingerprint density at radius 1 is 1.19 bits per heavy atom. The zero-order valence-electron chi connectivity index (χ0n) is 20.3. The summed E-state index contributed by atoms with van der Waals surface area (Å²) in [6.45, 7) is 2.64. The predicted octanol–water partition coefficient (Wildman–Crippen LogP) is 3.68. The Morgan fingerprint density at radius 2 is 1.95 bits per heavy atom. The molecule has 1 saturated heterocycles. The van der Waals surface area contributed by atoms with Crippen LogP contribution in [0.2, 0.25) is 0 Å². The van der Waals surface area contributed by atoms with Crippen LogP contribution < -0.4 is 15.8 Å². The third-order valence-electron chi connectivity index (χ3n) is 6.60. The number of oxazole rings is 1. The Morgan fingerprint density at radius 3 is 2.59 bits per heavy atom. The van der Waals surface area contributed by atoms with Gasteiger partial charge in [-0.1, -0.05) is 0 Å². The van der Waals surface area contributed by atoms with Gasteiger partial charge in [-0.25, -0.2) is 9.97 Å². The van der Waals surface area contributed by atoms with Gasteiger partial charge in [0.25, 0.3) is 5.91 Å². The van der Waals surface area contributed by atoms with Crippen LogP contribution in [0, 0.1) is 5.92 Å². The fourth-order valence-electron chi connectivity index (χ4n) is 4.54. The Labute approximate surface area is 210 Å². The van der Waals surface area contributed by atoms with Gasteiger partial charge in [0.05, 0.1) is 13.2 Å². The lowest BCUT2D eigenvalue weighted by atomic mass is 10.1. The molecule has 5 rings (SSSR count). The quantitative estimate of drug-likeness (QED) is 0.511. The van der Waals surface area contributed by atoms with Crippen LogP contribution in [0.25, 0.3) is 22.4 Å². The number of likely N-dealkylation sites (tertiary alicyclic amines) is 1. The van der Waals surface area contributed by atoms with Gasteiger partial charge in [0.2, 0.25) is 11.8 Å². The Hall–Kier alpha value is -3.67. The van der Waals surface area contributed by atoms with Crippen molar-refractivity contribution in [2.24, 2.45) is 11.7 Å². The Balaban J connectivity index is 1.46. The van der Waals surface area contributed by atoms with Gasteiger partial charge in [0.15, 0.2) is 11.5 Å². The molecule has 2 aliphatic rings. The molecule has 0 unspecified atom stereocenters. The summed E-state index contributed by atoms with van der Waals surface area (Å²) >= 11 is 0. The second kappa shape index (κ2) is 9.33. The minimum atomic E-state index is -4.63. The summed E-state index contributed by atoms with van der Waals surface area (Å²) in [7, 11) is 1.33. The van der Waals surface area contributed by atoms with E-state index in [1.54, 1.807) is 17.9 Å². The number of hydrogen-bond donors (Lipinski definition) is 2. The molecule has 1 aliphatic carbocycles. The summed E-state index contributed by atoms with van der Waals surface area (Å²) in [6.07, 6.45) is -2.18. The minimum Gasteiger partial charge on any atom is -0.494 e. The van der Waals surface area contributed by atoms with Gasteiger partial charge < -0.3 is 25.1 Å². The number of ether oxygens (including phenoxy) is 1. The highest BCUT2D eigenvalue weighted by molar-refractivity contribution is 5.98. The van der Waals surface area contributed by atoms with Crippen LogP contribution in [0.1, 0.15) is 54.2 Å². The summed E-state index contributed by atoms with van der Waals surface area (Å²) in [5, 5.41) is 3.22. The van der Waals surface area contributed by atoms with E-state index >= 15 is 0 Å². The van der Waals surface area contributed by atoms with Crippen molar-refractivity contribution in [1.29, 1.82) is 0 Å². The van der Waals surface area contributed by atoms with Crippen molar-refractivity contribution in [2.45, 2.75) is 44.4 Å². The third kappa shape index (κ3) is 4.85. The molecule has 0 radical (unpaired) electrons. The summed E-state index contributed by atoms with van der Waals surface area (Å²) < 4.78 is 50.9. The summed E-state index contributed by atoms with van der Waals surface area (Å²) in [4.78, 5) is 35.4. The molecule has 1 aliphatic heterocycles. The lowest BCUT2D eigenvalue weighted by Crippen LogP contribution is -2.39. The van der Waals surface area contributed by atoms with Gasteiger partial charge in [0.1, 0.15) is 17.0 Å². The molecule has 2 amide bonds. The number of fused-ring (bicyclic) bond motifs is 1. The summed E-state index contributed by atoms with van der Waals surface area (Å²) in [5.74, 6) is 0.0455. The first-order valence-corrected chi connectivity index (χ1v) is 12.0. The van der Waals surface area contributed by atoms with Crippen LogP contribution in [-0.4, -0.2) is 52.9 Å². The van der Waals surface area contributed by atoms with Crippen LogP contribution in [0.15, 0.2) is 28.7 Å². The van der Waals surface area contributed by atoms with E-state index in [4.69, 9.17) is 14.9 Å². The number of methoxy groups -OCH3 is 1. The zero-order chi connectivity index (χ0) is 26.5. The monoisotopic (exact) mass is 517 g/mol. The highest BCUT2D eigenvalue weighted by atomic mass is 19.4. The van der Waals surface area contributed by atoms with Gasteiger partial charge in [-0.05, 0) is 50.5 Å². The van der Waals surface area contributed by atoms with Crippen molar-refractivity contribution in [3.63, 3.8) is 0 Å². The maximum Gasteiger partial charge on any atom is 0.433 e. The molecule has 196 valence electrons. The molecule has 3 N–H and O–H groups in total. The van der Waals surface area contributed by atoms with Crippen LogP contribution in [0.4, 0.5) is 13.2 Å². The molecule has 1 aromatic carbocycles. The van der Waals surface area contributed by atoms with Crippen LogP contribution in [0.5, 0.6) is 5.75 Å². The van der Waals surface area contributed by atoms with E-state index in [0.29, 0.717) is 30.5 Å². The predicted molar refractivity (Wildman–Crippen MR) is 127 cm³/mol. The number of alkyl halides is 3. The fourth-order valence-corrected chi connectivity index (χ4v) is 4.54. The number of rotatable bonds is 6. The van der Waals surface area contributed by atoms with Crippen molar-refractivity contribution in [3.05, 3.63) is 41.4 Å². The second-order valence-corrected chi connectivity index (χ2v) is 9.44. The van der Waals surface area contributed by atoms with Crippen LogP contribution >= 0.6 is 0 Å². The van der Waals surface area contributed by atoms with Crippen LogP contribution in [0.3, 0.4) is 0 Å². The molecule has 37 heavy (non-hydrogen) atoms. The highest BCUT2D eigenvalue weighted by Gasteiger charge is 2.37. The van der Waals surface area contributed by atoms with Crippen molar-refractivity contribution in [2.75, 3.05) is 20.2 Å². The van der Waals surface area contributed by atoms with Gasteiger partial charge >= 0.3 is 6.18 Å². The number of hydrogen-bond acceptors (Lipinski definition) is 7. The largest absolute Gasteiger partial charge is 0.494 e. The molecular weight excluding hydrogens is 491 g/mol. The number of carbonyl (C=O) groups is 2. The maximum absolute atomic E-state index is 13.3. The average Bonchev–Trinajstić information content (AvgIpc) is 3.44. The van der Waals surface area contributed by atoms with Gasteiger partial charge in [-0.2, -0.15) is 13.2 Å². The van der Waals surface area contributed by atoms with Gasteiger partial charge in [0, 0.05) is 36.0 Å². The minimum absolute atomic E-state index is 0.0131. The van der Waals surface area contributed by atoms with Crippen LogP contribution in [-0.2, 0) is 11.0 Å². The smallest absolute Gasteiger partial charge is 0.433 e. The Kier molecular flexibility index (Phi) is 6.30. The molecular formula is C25H26F3N5O4. The summed E-state index contributed by atoms with van der Waals surface area (Å²) in [6, 6.07) is 4.25. The normalized spacial score (nSPS) is 18.8. The molecule has 9 nitrogen and oxygen atoms in total. The lowest BCUT2D eigenvalue weighted by molar-refractivity contribution is -0.141. The zero-order valence-corrected chi connectivity index (χ0v) is 20.3. The Bertz CT molecular complexity index is 1370. The van der Waals surface area contributed by atoms with E-state index in [1.807, 2.05) is 0 Å². The van der Waals surface area contributed by atoms with E-state index in [2.05, 4.69) is 15.3 Å². The number of aromatic nitrogens is 2. The average molecular weight is 518 g/mol. The van der Waals surface area contributed by atoms with Crippen molar-refractivity contribution < 1.29 is 31.9 Å². The molecule has 12 heteroatoms.